The van der Waals surface area contributed by atoms with E-state index in [2.05, 4.69) is 28.5 Å². The molecule has 2 unspecified atom stereocenters. The highest BCUT2D eigenvalue weighted by molar-refractivity contribution is 5.86. The van der Waals surface area contributed by atoms with Crippen LogP contribution in [0.15, 0.2) is 9.98 Å². The molecular weight excluding hydrogens is 150 g/mol. The van der Waals surface area contributed by atoms with Gasteiger partial charge >= 0.3 is 0 Å². The van der Waals surface area contributed by atoms with Crippen molar-refractivity contribution in [3.8, 4) is 0 Å². The predicted molar refractivity (Wildman–Crippen MR) is 48.5 cm³/mol. The van der Waals surface area contributed by atoms with Crippen LogP contribution in [0.4, 0.5) is 0 Å². The number of hydrogen-bond donors (Lipinski definition) is 0. The summed E-state index contributed by atoms with van der Waals surface area (Å²) in [5.41, 5.74) is 0.630. The van der Waals surface area contributed by atoms with E-state index in [0.717, 1.165) is 30.4 Å². The molecule has 2 saturated carbocycles. The Balaban J connectivity index is 1.85. The Morgan fingerprint density at radius 2 is 2.25 bits per heavy atom. The maximum atomic E-state index is 4.12. The molecule has 0 amide bonds. The monoisotopic (exact) mass is 163 g/mol. The van der Waals surface area contributed by atoms with Gasteiger partial charge in [-0.15, -0.1) is 0 Å². The molecule has 3 heteroatoms. The summed E-state index contributed by atoms with van der Waals surface area (Å²) < 4.78 is 0. The van der Waals surface area contributed by atoms with Gasteiger partial charge < -0.3 is 4.90 Å². The van der Waals surface area contributed by atoms with Crippen LogP contribution in [0, 0.1) is 17.3 Å². The zero-order chi connectivity index (χ0) is 8.51. The highest BCUT2D eigenvalue weighted by atomic mass is 15.4. The van der Waals surface area contributed by atoms with E-state index >= 15 is 0 Å². The highest BCUT2D eigenvalue weighted by Gasteiger charge is 2.88. The molecule has 4 rings (SSSR count). The second kappa shape index (κ2) is 1.58. The van der Waals surface area contributed by atoms with Crippen LogP contribution in [-0.2, 0) is 0 Å². The van der Waals surface area contributed by atoms with Crippen molar-refractivity contribution in [3.63, 3.8) is 0 Å². The lowest BCUT2D eigenvalue weighted by atomic mass is 10.0. The predicted octanol–water partition coefficient (Wildman–Crippen LogP) is 0.623. The molecule has 12 heavy (non-hydrogen) atoms. The van der Waals surface area contributed by atoms with E-state index < -0.39 is 0 Å². The number of rotatable bonds is 0. The van der Waals surface area contributed by atoms with Crippen LogP contribution in [0.5, 0.6) is 0 Å². The summed E-state index contributed by atoms with van der Waals surface area (Å²) >= 11 is 0. The van der Waals surface area contributed by atoms with Crippen LogP contribution in [-0.4, -0.2) is 37.2 Å². The molecule has 0 N–H and O–H groups in total. The minimum atomic E-state index is 0.630. The summed E-state index contributed by atoms with van der Waals surface area (Å²) in [5.74, 6) is 2.78. The second-order valence-electron chi connectivity index (χ2n) is 4.36. The lowest BCUT2D eigenvalue weighted by Gasteiger charge is -2.15. The van der Waals surface area contributed by atoms with Gasteiger partial charge in [0.2, 0.25) is 5.96 Å². The van der Waals surface area contributed by atoms with Crippen molar-refractivity contribution in [3.05, 3.63) is 0 Å². The van der Waals surface area contributed by atoms with E-state index in [1.165, 1.54) is 0 Å². The quantitative estimate of drug-likeness (QED) is 0.380. The molecule has 0 aromatic carbocycles. The molecule has 0 spiro atoms. The van der Waals surface area contributed by atoms with Crippen molar-refractivity contribution in [2.45, 2.75) is 13.0 Å². The number of guanidine groups is 1. The number of nitrogens with zero attached hydrogens (tertiary/aromatic N) is 3. The molecular formula is C9H13N3. The Kier molecular flexibility index (Phi) is 0.875. The fourth-order valence-corrected chi connectivity index (χ4v) is 3.16. The van der Waals surface area contributed by atoms with Crippen molar-refractivity contribution in [2.75, 3.05) is 13.6 Å². The van der Waals surface area contributed by atoms with Gasteiger partial charge in [0.1, 0.15) is 0 Å². The zero-order valence-corrected chi connectivity index (χ0v) is 7.49. The normalized spacial score (nSPS) is 53.7. The average molecular weight is 163 g/mol. The molecule has 3 nitrogen and oxygen atoms in total. The third-order valence-corrected chi connectivity index (χ3v) is 3.86. The Morgan fingerprint density at radius 1 is 1.58 bits per heavy atom. The maximum absolute atomic E-state index is 4.12. The Morgan fingerprint density at radius 3 is 2.58 bits per heavy atom. The lowest BCUT2D eigenvalue weighted by molar-refractivity contribution is 0.485. The standard InChI is InChI=1S/C9H13N3/c1-9-4-12(8(10-2)11-3)7-5(9)6(7)9/h5-7H,2,4H2,1,3H3. The van der Waals surface area contributed by atoms with Crippen LogP contribution < -0.4 is 0 Å². The summed E-state index contributed by atoms with van der Waals surface area (Å²) in [6.07, 6.45) is 0. The molecule has 4 aliphatic rings. The second-order valence-corrected chi connectivity index (χ2v) is 4.36. The first kappa shape index (κ1) is 6.63. The smallest absolute Gasteiger partial charge is 0.220 e. The number of piperidine rings is 1. The van der Waals surface area contributed by atoms with Gasteiger partial charge in [-0.1, -0.05) is 6.92 Å². The van der Waals surface area contributed by atoms with Crippen molar-refractivity contribution < 1.29 is 0 Å². The van der Waals surface area contributed by atoms with E-state index in [4.69, 9.17) is 0 Å². The fourth-order valence-electron chi connectivity index (χ4n) is 3.16. The molecule has 64 valence electrons. The molecule has 2 atom stereocenters. The van der Waals surface area contributed by atoms with E-state index in [1.54, 1.807) is 7.05 Å². The first-order valence-corrected chi connectivity index (χ1v) is 4.44. The molecule has 0 aromatic heterocycles. The van der Waals surface area contributed by atoms with Gasteiger partial charge in [0.15, 0.2) is 0 Å². The SMILES string of the molecule is C=NC(=NC)N1CC2(C)C3C1C32. The van der Waals surface area contributed by atoms with Crippen LogP contribution in [0.3, 0.4) is 0 Å². The first-order chi connectivity index (χ1) is 5.74. The molecule has 2 heterocycles. The maximum Gasteiger partial charge on any atom is 0.220 e. The van der Waals surface area contributed by atoms with Crippen molar-refractivity contribution in [1.82, 2.24) is 4.90 Å². The van der Waals surface area contributed by atoms with E-state index in [-0.39, 0.29) is 0 Å². The lowest BCUT2D eigenvalue weighted by Crippen LogP contribution is -2.27. The van der Waals surface area contributed by atoms with Crippen LogP contribution >= 0.6 is 0 Å². The number of aliphatic imine (C=N–C) groups is 2. The largest absolute Gasteiger partial charge is 0.337 e. The summed E-state index contributed by atoms with van der Waals surface area (Å²) in [7, 11) is 1.79. The topological polar surface area (TPSA) is 28.0 Å². The summed E-state index contributed by atoms with van der Waals surface area (Å²) in [5, 5.41) is 0. The Labute approximate surface area is 72.2 Å². The first-order valence-electron chi connectivity index (χ1n) is 4.44. The van der Waals surface area contributed by atoms with Gasteiger partial charge in [0.05, 0.1) is 0 Å². The van der Waals surface area contributed by atoms with Gasteiger partial charge in [-0.3, -0.25) is 4.99 Å². The zero-order valence-electron chi connectivity index (χ0n) is 7.49. The van der Waals surface area contributed by atoms with Crippen molar-refractivity contribution >= 4 is 12.7 Å². The molecule has 2 saturated heterocycles. The molecule has 4 fully saturated rings. The van der Waals surface area contributed by atoms with Gasteiger partial charge in [0, 0.05) is 19.6 Å². The van der Waals surface area contributed by atoms with E-state index in [0.29, 0.717) is 5.41 Å². The van der Waals surface area contributed by atoms with Gasteiger partial charge in [-0.05, 0) is 24.0 Å². The molecule has 0 radical (unpaired) electrons. The Hall–Kier alpha value is -0.860. The minimum Gasteiger partial charge on any atom is -0.337 e. The third-order valence-electron chi connectivity index (χ3n) is 3.86. The van der Waals surface area contributed by atoms with E-state index in [1.807, 2.05) is 0 Å². The summed E-state index contributed by atoms with van der Waals surface area (Å²) in [4.78, 5) is 10.4. The van der Waals surface area contributed by atoms with Crippen LogP contribution in [0.1, 0.15) is 6.92 Å². The van der Waals surface area contributed by atoms with Crippen LogP contribution in [0.25, 0.3) is 0 Å². The molecule has 2 aliphatic carbocycles. The molecule has 2 aliphatic heterocycles. The van der Waals surface area contributed by atoms with Crippen LogP contribution in [0.2, 0.25) is 0 Å². The van der Waals surface area contributed by atoms with Gasteiger partial charge in [0.25, 0.3) is 0 Å². The fraction of sp³-hybridized carbons (Fsp3) is 0.778. The molecule has 0 aromatic rings. The number of fused-ring (bicyclic) bond motifs is 1. The van der Waals surface area contributed by atoms with Gasteiger partial charge in [-0.2, -0.15) is 0 Å². The third kappa shape index (κ3) is 0.464. The molecule has 2 bridgehead atoms. The Bertz CT molecular complexity index is 284. The van der Waals surface area contributed by atoms with Gasteiger partial charge in [-0.25, -0.2) is 4.99 Å². The number of hydrogen-bond acceptors (Lipinski definition) is 1. The van der Waals surface area contributed by atoms with Crippen molar-refractivity contribution in [1.29, 1.82) is 0 Å². The summed E-state index contributed by atoms with van der Waals surface area (Å²) in [6.45, 7) is 7.06. The summed E-state index contributed by atoms with van der Waals surface area (Å²) in [6, 6.07) is 0.777. The van der Waals surface area contributed by atoms with E-state index in [9.17, 15) is 0 Å². The van der Waals surface area contributed by atoms with Crippen molar-refractivity contribution in [2.24, 2.45) is 27.2 Å². The highest BCUT2D eigenvalue weighted by Crippen LogP contribution is 2.83. The minimum absolute atomic E-state index is 0.630. The average Bonchev–Trinajstić information content (AvgIpc) is 2.87.